The number of carbonyl (C=O) groups excluding carboxylic acids is 3. The number of anilines is 1. The van der Waals surface area contributed by atoms with Gasteiger partial charge >= 0.3 is 0 Å². The maximum atomic E-state index is 12.7. The van der Waals surface area contributed by atoms with Crippen LogP contribution in [0.15, 0.2) is 39.4 Å². The first-order valence-electron chi connectivity index (χ1n) is 7.76. The number of carbonyl (C=O) groups is 3. The van der Waals surface area contributed by atoms with Gasteiger partial charge in [-0.25, -0.2) is 0 Å². The van der Waals surface area contributed by atoms with E-state index < -0.39 is 11.3 Å². The maximum absolute atomic E-state index is 12.7. The van der Waals surface area contributed by atoms with Crippen LogP contribution in [0.25, 0.3) is 0 Å². The lowest BCUT2D eigenvalue weighted by Crippen LogP contribution is -2.45. The van der Waals surface area contributed by atoms with E-state index >= 15 is 0 Å². The van der Waals surface area contributed by atoms with E-state index in [1.54, 1.807) is 23.6 Å². The molecule has 1 aliphatic heterocycles. The number of rotatable bonds is 6. The topological polar surface area (TPSA) is 113 Å². The number of thioether (sulfide) groups is 1. The summed E-state index contributed by atoms with van der Waals surface area (Å²) in [4.78, 5) is 40.6. The fourth-order valence-electron chi connectivity index (χ4n) is 2.39. The molecule has 1 aliphatic rings. The van der Waals surface area contributed by atoms with Crippen molar-refractivity contribution in [1.82, 2.24) is 10.4 Å². The monoisotopic (exact) mass is 408 g/mol. The Morgan fingerprint density at radius 2 is 2.26 bits per heavy atom. The molecule has 9 nitrogen and oxygen atoms in total. The van der Waals surface area contributed by atoms with Crippen molar-refractivity contribution in [1.29, 1.82) is 0 Å². The second kappa shape index (κ2) is 8.37. The van der Waals surface area contributed by atoms with Crippen LogP contribution in [-0.4, -0.2) is 41.3 Å². The second-order valence-electron chi connectivity index (χ2n) is 5.43. The molecule has 0 spiro atoms. The summed E-state index contributed by atoms with van der Waals surface area (Å²) in [6, 6.07) is 5.07. The molecule has 11 heteroatoms. The number of hydrogen-bond acceptors (Lipinski definition) is 9. The predicted octanol–water partition coefficient (Wildman–Crippen LogP) is 1.96. The minimum atomic E-state index is -0.545. The van der Waals surface area contributed by atoms with Crippen molar-refractivity contribution in [2.24, 2.45) is 5.16 Å². The van der Waals surface area contributed by atoms with Crippen LogP contribution >= 0.6 is 23.1 Å². The van der Waals surface area contributed by atoms with E-state index in [4.69, 9.17) is 9.25 Å². The van der Waals surface area contributed by atoms with Gasteiger partial charge < -0.3 is 14.6 Å². The van der Waals surface area contributed by atoms with Crippen LogP contribution in [0.4, 0.5) is 5.00 Å². The molecule has 1 atom stereocenters. The third-order valence-corrected chi connectivity index (χ3v) is 5.37. The summed E-state index contributed by atoms with van der Waals surface area (Å²) in [6.45, 7) is 1.43. The van der Waals surface area contributed by atoms with E-state index in [1.165, 1.54) is 36.6 Å². The summed E-state index contributed by atoms with van der Waals surface area (Å²) < 4.78 is 5.35. The van der Waals surface area contributed by atoms with Crippen LogP contribution in [0.1, 0.15) is 23.6 Å². The van der Waals surface area contributed by atoms with E-state index in [9.17, 15) is 14.4 Å². The minimum Gasteiger partial charge on any atom is -0.467 e. The number of hydrazine groups is 1. The maximum Gasteiger partial charge on any atom is 0.288 e. The summed E-state index contributed by atoms with van der Waals surface area (Å²) in [5.74, 6) is -0.206. The Labute approximate surface area is 162 Å². The predicted molar refractivity (Wildman–Crippen MR) is 101 cm³/mol. The highest BCUT2D eigenvalue weighted by Gasteiger charge is 2.36. The third-order valence-electron chi connectivity index (χ3n) is 3.43. The fourth-order valence-corrected chi connectivity index (χ4v) is 4.19. The molecule has 3 heterocycles. The quantitative estimate of drug-likeness (QED) is 0.555. The molecule has 2 N–H and O–H groups in total. The van der Waals surface area contributed by atoms with Crippen molar-refractivity contribution in [3.63, 3.8) is 0 Å². The summed E-state index contributed by atoms with van der Waals surface area (Å²) >= 11 is 2.32. The van der Waals surface area contributed by atoms with E-state index in [1.807, 2.05) is 0 Å². The Kier molecular flexibility index (Phi) is 5.94. The lowest BCUT2D eigenvalue weighted by atomic mass is 10.2. The van der Waals surface area contributed by atoms with Gasteiger partial charge in [0, 0.05) is 17.9 Å². The van der Waals surface area contributed by atoms with E-state index in [0.717, 1.165) is 11.8 Å². The number of nitrogens with zero attached hydrogens (tertiary/aromatic N) is 2. The van der Waals surface area contributed by atoms with Crippen LogP contribution in [0, 0.1) is 0 Å². The molecule has 0 radical (unpaired) electrons. The summed E-state index contributed by atoms with van der Waals surface area (Å²) in [6.07, 6.45) is 1.51. The first kappa shape index (κ1) is 19.1. The summed E-state index contributed by atoms with van der Waals surface area (Å²) in [5.41, 5.74) is 3.18. The number of oxime groups is 1. The van der Waals surface area contributed by atoms with Crippen LogP contribution < -0.4 is 10.7 Å². The van der Waals surface area contributed by atoms with Crippen LogP contribution in [0.3, 0.4) is 0 Å². The van der Waals surface area contributed by atoms with Crippen molar-refractivity contribution in [2.45, 2.75) is 12.3 Å². The van der Waals surface area contributed by atoms with Crippen LogP contribution in [0.5, 0.6) is 0 Å². The summed E-state index contributed by atoms with van der Waals surface area (Å²) in [7, 11) is 1.33. The molecule has 1 fully saturated rings. The van der Waals surface area contributed by atoms with Gasteiger partial charge in [0.1, 0.15) is 18.2 Å². The van der Waals surface area contributed by atoms with Crippen molar-refractivity contribution in [2.75, 3.05) is 19.0 Å². The third kappa shape index (κ3) is 4.56. The molecule has 1 unspecified atom stereocenters. The molecule has 0 bridgehead atoms. The molecule has 2 amide bonds. The normalized spacial score (nSPS) is 17.8. The van der Waals surface area contributed by atoms with Crippen molar-refractivity contribution in [3.05, 3.63) is 41.2 Å². The molecule has 27 heavy (non-hydrogen) atoms. The Hall–Kier alpha value is -2.63. The molecule has 3 rings (SSSR count). The Bertz CT molecular complexity index is 877. The molecule has 2 aromatic rings. The van der Waals surface area contributed by atoms with Gasteiger partial charge in [0.05, 0.1) is 17.8 Å². The van der Waals surface area contributed by atoms with Gasteiger partial charge in [-0.1, -0.05) is 16.9 Å². The average Bonchev–Trinajstić information content (AvgIpc) is 3.33. The van der Waals surface area contributed by atoms with Gasteiger partial charge in [0.15, 0.2) is 5.71 Å². The minimum absolute atomic E-state index is 0.0212. The van der Waals surface area contributed by atoms with Crippen molar-refractivity contribution >= 4 is 50.7 Å². The zero-order valence-corrected chi connectivity index (χ0v) is 16.1. The molecule has 142 valence electrons. The largest absolute Gasteiger partial charge is 0.467 e. The Morgan fingerprint density at radius 1 is 1.44 bits per heavy atom. The van der Waals surface area contributed by atoms with Gasteiger partial charge in [-0.2, -0.15) is 5.01 Å². The van der Waals surface area contributed by atoms with E-state index in [2.05, 4.69) is 15.9 Å². The molecular formula is C16H16N4O5S2. The van der Waals surface area contributed by atoms with E-state index in [-0.39, 0.29) is 23.3 Å². The standard InChI is InChI=1S/C16H16N4O5S2/c1-9(21)17-12-6-10(8-26-12)14(19-24-2)15(23)18-20-7-13(22)27-16(20)11-4-3-5-25-11/h3-6,8,16H,7H2,1-2H3,(H,17,21)(H,18,23). The number of nitrogens with one attached hydrogen (secondary N) is 2. The molecule has 1 saturated heterocycles. The highest BCUT2D eigenvalue weighted by Crippen LogP contribution is 2.37. The van der Waals surface area contributed by atoms with Crippen LogP contribution in [-0.2, 0) is 19.2 Å². The fraction of sp³-hybridized carbons (Fsp3) is 0.250. The van der Waals surface area contributed by atoms with Gasteiger partial charge in [0.25, 0.3) is 5.91 Å². The molecular weight excluding hydrogens is 392 g/mol. The number of thiophene rings is 1. The molecule has 0 aromatic carbocycles. The van der Waals surface area contributed by atoms with Gasteiger partial charge in [0.2, 0.25) is 11.0 Å². The highest BCUT2D eigenvalue weighted by atomic mass is 32.2. The van der Waals surface area contributed by atoms with Gasteiger partial charge in [-0.3, -0.25) is 19.8 Å². The first-order valence-corrected chi connectivity index (χ1v) is 9.52. The first-order chi connectivity index (χ1) is 13.0. The van der Waals surface area contributed by atoms with Crippen molar-refractivity contribution < 1.29 is 23.6 Å². The zero-order valence-electron chi connectivity index (χ0n) is 14.4. The molecule has 2 aromatic heterocycles. The lowest BCUT2D eigenvalue weighted by Gasteiger charge is -2.21. The molecule has 0 saturated carbocycles. The van der Waals surface area contributed by atoms with Crippen molar-refractivity contribution in [3.8, 4) is 0 Å². The smallest absolute Gasteiger partial charge is 0.288 e. The zero-order chi connectivity index (χ0) is 19.4. The van der Waals surface area contributed by atoms with Gasteiger partial charge in [-0.05, 0) is 18.2 Å². The van der Waals surface area contributed by atoms with E-state index in [0.29, 0.717) is 16.3 Å². The summed E-state index contributed by atoms with van der Waals surface area (Å²) in [5, 5.41) is 9.63. The number of furan rings is 1. The second-order valence-corrected chi connectivity index (χ2v) is 7.48. The molecule has 0 aliphatic carbocycles. The highest BCUT2D eigenvalue weighted by molar-refractivity contribution is 8.14. The Morgan fingerprint density at radius 3 is 2.93 bits per heavy atom. The SMILES string of the molecule is CON=C(C(=O)NN1CC(=O)SC1c1ccco1)c1csc(NC(C)=O)c1. The Balaban J connectivity index is 1.77. The average molecular weight is 408 g/mol. The number of hydrogen-bond donors (Lipinski definition) is 2. The van der Waals surface area contributed by atoms with Gasteiger partial charge in [-0.15, -0.1) is 11.3 Å². The van der Waals surface area contributed by atoms with Crippen LogP contribution in [0.2, 0.25) is 0 Å². The number of amides is 2. The lowest BCUT2D eigenvalue weighted by molar-refractivity contribution is -0.120.